The van der Waals surface area contributed by atoms with Gasteiger partial charge in [0.1, 0.15) is 11.5 Å². The fraction of sp³-hybridized carbons (Fsp3) is 0.364. The van der Waals surface area contributed by atoms with Crippen LogP contribution in [0.15, 0.2) is 18.2 Å². The first-order chi connectivity index (χ1) is 8.95. The van der Waals surface area contributed by atoms with Crippen LogP contribution in [0, 0.1) is 15.9 Å². The highest BCUT2D eigenvalue weighted by Crippen LogP contribution is 2.25. The molecule has 6 nitrogen and oxygen atoms in total. The maximum Gasteiger partial charge on any atom is 0.292 e. The SMILES string of the molecule is CSCC[C@@H](N)C(=O)Nc1cc(F)ccc1[N+](=O)[O-]. The zero-order chi connectivity index (χ0) is 14.4. The summed E-state index contributed by atoms with van der Waals surface area (Å²) in [7, 11) is 0. The van der Waals surface area contributed by atoms with Crippen molar-refractivity contribution in [2.75, 3.05) is 17.3 Å². The number of anilines is 1. The molecule has 0 aromatic heterocycles. The van der Waals surface area contributed by atoms with Crippen molar-refractivity contribution >= 4 is 29.0 Å². The molecule has 0 aliphatic rings. The van der Waals surface area contributed by atoms with Gasteiger partial charge in [0.25, 0.3) is 5.69 Å². The highest BCUT2D eigenvalue weighted by atomic mass is 32.2. The van der Waals surface area contributed by atoms with Crippen molar-refractivity contribution in [2.24, 2.45) is 5.73 Å². The minimum atomic E-state index is -0.782. The van der Waals surface area contributed by atoms with Crippen LogP contribution in [0.2, 0.25) is 0 Å². The van der Waals surface area contributed by atoms with E-state index in [-0.39, 0.29) is 11.4 Å². The van der Waals surface area contributed by atoms with Gasteiger partial charge >= 0.3 is 0 Å². The highest BCUT2D eigenvalue weighted by Gasteiger charge is 2.19. The molecular weight excluding hydrogens is 273 g/mol. The van der Waals surface area contributed by atoms with Crippen LogP contribution in [0.3, 0.4) is 0 Å². The Hall–Kier alpha value is -1.67. The first-order valence-corrected chi connectivity index (χ1v) is 6.84. The number of halogens is 1. The lowest BCUT2D eigenvalue weighted by Crippen LogP contribution is -2.36. The van der Waals surface area contributed by atoms with E-state index in [0.717, 1.165) is 18.2 Å². The third kappa shape index (κ3) is 4.49. The third-order valence-corrected chi connectivity index (χ3v) is 3.03. The molecule has 0 heterocycles. The summed E-state index contributed by atoms with van der Waals surface area (Å²) in [5.41, 5.74) is 5.07. The van der Waals surface area contributed by atoms with Gasteiger partial charge in [-0.1, -0.05) is 0 Å². The molecule has 0 bridgehead atoms. The molecule has 0 aliphatic heterocycles. The standard InChI is InChI=1S/C11H14FN3O3S/c1-19-5-4-8(13)11(16)14-9-6-7(12)2-3-10(9)15(17)18/h2-3,6,8H,4-5,13H2,1H3,(H,14,16)/t8-/m1/s1. The fourth-order valence-electron chi connectivity index (χ4n) is 1.37. The number of nitrogens with one attached hydrogen (secondary N) is 1. The Balaban J connectivity index is 2.83. The van der Waals surface area contributed by atoms with Crippen LogP contribution in [0.25, 0.3) is 0 Å². The van der Waals surface area contributed by atoms with Gasteiger partial charge in [-0.15, -0.1) is 0 Å². The van der Waals surface area contributed by atoms with Crippen LogP contribution < -0.4 is 11.1 Å². The Kier molecular flexibility index (Phi) is 5.71. The van der Waals surface area contributed by atoms with Crippen molar-refractivity contribution in [3.8, 4) is 0 Å². The minimum Gasteiger partial charge on any atom is -0.320 e. The van der Waals surface area contributed by atoms with Crippen molar-refractivity contribution in [1.29, 1.82) is 0 Å². The van der Waals surface area contributed by atoms with Crippen molar-refractivity contribution in [1.82, 2.24) is 0 Å². The third-order valence-electron chi connectivity index (χ3n) is 2.38. The monoisotopic (exact) mass is 287 g/mol. The van der Waals surface area contributed by atoms with Gasteiger partial charge < -0.3 is 11.1 Å². The fourth-order valence-corrected chi connectivity index (χ4v) is 1.86. The van der Waals surface area contributed by atoms with Crippen LogP contribution in [0.5, 0.6) is 0 Å². The number of nitrogens with zero attached hydrogens (tertiary/aromatic N) is 1. The summed E-state index contributed by atoms with van der Waals surface area (Å²) < 4.78 is 13.1. The lowest BCUT2D eigenvalue weighted by atomic mass is 10.2. The van der Waals surface area contributed by atoms with Crippen molar-refractivity contribution in [3.63, 3.8) is 0 Å². The molecule has 1 atom stereocenters. The molecule has 0 unspecified atom stereocenters. The van der Waals surface area contributed by atoms with Crippen LogP contribution in [-0.4, -0.2) is 28.9 Å². The second-order valence-corrected chi connectivity index (χ2v) is 4.78. The van der Waals surface area contributed by atoms with E-state index < -0.39 is 22.7 Å². The zero-order valence-corrected chi connectivity index (χ0v) is 11.1. The van der Waals surface area contributed by atoms with Gasteiger partial charge in [0, 0.05) is 12.1 Å². The second kappa shape index (κ2) is 7.05. The summed E-state index contributed by atoms with van der Waals surface area (Å²) in [5, 5.41) is 13.0. The Labute approximate surface area is 113 Å². The second-order valence-electron chi connectivity index (χ2n) is 3.80. The predicted octanol–water partition coefficient (Wildman–Crippen LogP) is 1.75. The van der Waals surface area contributed by atoms with E-state index in [0.29, 0.717) is 12.2 Å². The van der Waals surface area contributed by atoms with Gasteiger partial charge in [-0.25, -0.2) is 4.39 Å². The smallest absolute Gasteiger partial charge is 0.292 e. The zero-order valence-electron chi connectivity index (χ0n) is 10.3. The lowest BCUT2D eigenvalue weighted by molar-refractivity contribution is -0.384. The summed E-state index contributed by atoms with van der Waals surface area (Å²) in [6.07, 6.45) is 2.32. The summed E-state index contributed by atoms with van der Waals surface area (Å²) in [4.78, 5) is 21.8. The first-order valence-electron chi connectivity index (χ1n) is 5.45. The molecular formula is C11H14FN3O3S. The lowest BCUT2D eigenvalue weighted by Gasteiger charge is -2.11. The largest absolute Gasteiger partial charge is 0.320 e. The van der Waals surface area contributed by atoms with E-state index in [1.807, 2.05) is 6.26 Å². The number of hydrogen-bond donors (Lipinski definition) is 2. The summed E-state index contributed by atoms with van der Waals surface area (Å²) in [6, 6.07) is 2.08. The molecule has 3 N–H and O–H groups in total. The highest BCUT2D eigenvalue weighted by molar-refractivity contribution is 7.98. The molecule has 1 rings (SSSR count). The molecule has 0 saturated heterocycles. The van der Waals surface area contributed by atoms with Gasteiger partial charge in [0.05, 0.1) is 11.0 Å². The first kappa shape index (κ1) is 15.4. The number of nitro groups is 1. The van der Waals surface area contributed by atoms with Gasteiger partial charge in [-0.3, -0.25) is 14.9 Å². The maximum atomic E-state index is 13.1. The van der Waals surface area contributed by atoms with E-state index in [1.165, 1.54) is 11.8 Å². The van der Waals surface area contributed by atoms with E-state index in [4.69, 9.17) is 5.73 Å². The molecule has 0 spiro atoms. The normalized spacial score (nSPS) is 11.9. The molecule has 8 heteroatoms. The number of carbonyl (C=O) groups is 1. The van der Waals surface area contributed by atoms with Gasteiger partial charge in [-0.05, 0) is 24.5 Å². The van der Waals surface area contributed by atoms with Crippen LogP contribution >= 0.6 is 11.8 Å². The molecule has 0 aliphatic carbocycles. The van der Waals surface area contributed by atoms with Crippen LogP contribution in [-0.2, 0) is 4.79 Å². The van der Waals surface area contributed by atoms with Gasteiger partial charge in [0.15, 0.2) is 0 Å². The molecule has 1 aromatic carbocycles. The maximum absolute atomic E-state index is 13.1. The van der Waals surface area contributed by atoms with Gasteiger partial charge in [-0.2, -0.15) is 11.8 Å². The van der Waals surface area contributed by atoms with E-state index in [2.05, 4.69) is 5.32 Å². The summed E-state index contributed by atoms with van der Waals surface area (Å²) in [5.74, 6) is -0.541. The topological polar surface area (TPSA) is 98.3 Å². The Bertz CT molecular complexity index is 484. The minimum absolute atomic E-state index is 0.186. The molecule has 19 heavy (non-hydrogen) atoms. The molecule has 0 fully saturated rings. The number of nitrogens with two attached hydrogens (primary N) is 1. The number of rotatable bonds is 6. The molecule has 0 saturated carbocycles. The quantitative estimate of drug-likeness (QED) is 0.613. The van der Waals surface area contributed by atoms with Crippen molar-refractivity contribution in [2.45, 2.75) is 12.5 Å². The van der Waals surface area contributed by atoms with E-state index >= 15 is 0 Å². The number of benzene rings is 1. The van der Waals surface area contributed by atoms with E-state index in [9.17, 15) is 19.3 Å². The number of carbonyl (C=O) groups excluding carboxylic acids is 1. The number of amides is 1. The number of hydrogen-bond acceptors (Lipinski definition) is 5. The molecule has 0 radical (unpaired) electrons. The molecule has 104 valence electrons. The summed E-state index contributed by atoms with van der Waals surface area (Å²) in [6.45, 7) is 0. The van der Waals surface area contributed by atoms with Crippen LogP contribution in [0.4, 0.5) is 15.8 Å². The molecule has 1 aromatic rings. The summed E-state index contributed by atoms with van der Waals surface area (Å²) >= 11 is 1.54. The average Bonchev–Trinajstić information content (AvgIpc) is 2.35. The van der Waals surface area contributed by atoms with Crippen molar-refractivity contribution < 1.29 is 14.1 Å². The van der Waals surface area contributed by atoms with E-state index in [1.54, 1.807) is 0 Å². The molecule has 1 amide bonds. The van der Waals surface area contributed by atoms with Crippen molar-refractivity contribution in [3.05, 3.63) is 34.1 Å². The van der Waals surface area contributed by atoms with Gasteiger partial charge in [0.2, 0.25) is 5.91 Å². The Morgan fingerprint density at radius 2 is 2.32 bits per heavy atom. The Morgan fingerprint density at radius 1 is 1.63 bits per heavy atom. The Morgan fingerprint density at radius 3 is 2.89 bits per heavy atom. The average molecular weight is 287 g/mol. The number of nitro benzene ring substituents is 1. The predicted molar refractivity (Wildman–Crippen MR) is 72.7 cm³/mol. The van der Waals surface area contributed by atoms with Crippen LogP contribution in [0.1, 0.15) is 6.42 Å². The number of thioether (sulfide) groups is 1.